The largest absolute Gasteiger partial charge is 0.481 e. The summed E-state index contributed by atoms with van der Waals surface area (Å²) >= 11 is 0. The van der Waals surface area contributed by atoms with Crippen LogP contribution < -0.4 is 5.32 Å². The van der Waals surface area contributed by atoms with E-state index in [1.807, 2.05) is 32.0 Å². The minimum absolute atomic E-state index is 0.193. The number of carboxylic acid groups (broad SMARTS) is 1. The summed E-state index contributed by atoms with van der Waals surface area (Å²) in [6, 6.07) is 5.01. The second kappa shape index (κ2) is 6.61. The highest BCUT2D eigenvalue weighted by Crippen LogP contribution is 2.21. The quantitative estimate of drug-likeness (QED) is 0.892. The number of nitrogens with one attached hydrogen (secondary N) is 1. The van der Waals surface area contributed by atoms with Crippen LogP contribution in [0, 0.1) is 13.8 Å². The second-order valence-electron chi connectivity index (χ2n) is 6.14. The van der Waals surface area contributed by atoms with Crippen molar-refractivity contribution in [2.45, 2.75) is 52.7 Å². The van der Waals surface area contributed by atoms with Gasteiger partial charge in [0.2, 0.25) is 0 Å². The van der Waals surface area contributed by atoms with Gasteiger partial charge in [-0.3, -0.25) is 4.79 Å². The zero-order valence-corrected chi connectivity index (χ0v) is 13.2. The fourth-order valence-corrected chi connectivity index (χ4v) is 1.86. The van der Waals surface area contributed by atoms with Gasteiger partial charge < -0.3 is 15.2 Å². The maximum absolute atomic E-state index is 11.8. The summed E-state index contributed by atoms with van der Waals surface area (Å²) in [5.41, 5.74) is 2.30. The van der Waals surface area contributed by atoms with Crippen LogP contribution in [0.2, 0.25) is 0 Å². The molecule has 5 nitrogen and oxygen atoms in total. The van der Waals surface area contributed by atoms with Gasteiger partial charge in [0.05, 0.1) is 12.5 Å². The number of amides is 1. The molecule has 0 aliphatic heterocycles. The summed E-state index contributed by atoms with van der Waals surface area (Å²) in [5.74, 6) is -0.978. The monoisotopic (exact) mass is 293 g/mol. The predicted octanol–water partition coefficient (Wildman–Crippen LogP) is 3.34. The van der Waals surface area contributed by atoms with Gasteiger partial charge in [-0.05, 0) is 51.3 Å². The van der Waals surface area contributed by atoms with Gasteiger partial charge >= 0.3 is 12.1 Å². The Morgan fingerprint density at radius 1 is 1.24 bits per heavy atom. The molecule has 0 spiro atoms. The number of benzene rings is 1. The zero-order valence-electron chi connectivity index (χ0n) is 13.2. The Hall–Kier alpha value is -2.04. The average Bonchev–Trinajstić information content (AvgIpc) is 2.28. The first kappa shape index (κ1) is 17.0. The van der Waals surface area contributed by atoms with Crippen LogP contribution in [0.3, 0.4) is 0 Å². The first-order valence-corrected chi connectivity index (χ1v) is 6.87. The normalized spacial score (nSPS) is 12.6. The van der Waals surface area contributed by atoms with Crippen LogP contribution in [0.4, 0.5) is 4.79 Å². The Balaban J connectivity index is 2.92. The summed E-state index contributed by atoms with van der Waals surface area (Å²) < 4.78 is 5.18. The molecule has 0 bridgehead atoms. The first-order valence-electron chi connectivity index (χ1n) is 6.87. The lowest BCUT2D eigenvalue weighted by molar-refractivity contribution is -0.137. The molecule has 0 fully saturated rings. The molecule has 0 radical (unpaired) electrons. The molecule has 1 amide bonds. The lowest BCUT2D eigenvalue weighted by atomic mass is 9.99. The molecule has 1 rings (SSSR count). The van der Waals surface area contributed by atoms with Crippen LogP contribution in [0.15, 0.2) is 18.2 Å². The first-order chi connectivity index (χ1) is 9.58. The van der Waals surface area contributed by atoms with Gasteiger partial charge in [0.15, 0.2) is 0 Å². The predicted molar refractivity (Wildman–Crippen MR) is 80.3 cm³/mol. The minimum atomic E-state index is -0.978. The molecule has 2 N–H and O–H groups in total. The molecule has 0 aromatic heterocycles. The van der Waals surface area contributed by atoms with Gasteiger partial charge in [0, 0.05) is 0 Å². The summed E-state index contributed by atoms with van der Waals surface area (Å²) in [6.07, 6.45) is -0.811. The third-order valence-electron chi connectivity index (χ3n) is 3.00. The van der Waals surface area contributed by atoms with E-state index in [9.17, 15) is 9.59 Å². The van der Waals surface area contributed by atoms with Crippen LogP contribution in [-0.2, 0) is 9.53 Å². The molecule has 116 valence electrons. The molecule has 1 aromatic carbocycles. The minimum Gasteiger partial charge on any atom is -0.481 e. The van der Waals surface area contributed by atoms with Crippen molar-refractivity contribution in [3.8, 4) is 0 Å². The topological polar surface area (TPSA) is 75.6 Å². The summed E-state index contributed by atoms with van der Waals surface area (Å²) in [7, 11) is 0. The molecule has 21 heavy (non-hydrogen) atoms. The molecule has 1 aromatic rings. The molecular weight excluding hydrogens is 270 g/mol. The van der Waals surface area contributed by atoms with Crippen molar-refractivity contribution >= 4 is 12.1 Å². The number of rotatable bonds is 4. The fourth-order valence-electron chi connectivity index (χ4n) is 1.86. The highest BCUT2D eigenvalue weighted by Gasteiger charge is 2.22. The SMILES string of the molecule is Cc1ccc([C@H](CC(=O)O)NC(=O)OC(C)(C)C)cc1C. The van der Waals surface area contributed by atoms with E-state index in [1.165, 1.54) is 0 Å². The molecule has 0 saturated heterocycles. The number of ether oxygens (including phenoxy) is 1. The Labute approximate surface area is 125 Å². The van der Waals surface area contributed by atoms with Gasteiger partial charge in [-0.15, -0.1) is 0 Å². The van der Waals surface area contributed by atoms with Gasteiger partial charge in [-0.25, -0.2) is 4.79 Å². The van der Waals surface area contributed by atoms with E-state index < -0.39 is 23.7 Å². The number of aryl methyl sites for hydroxylation is 2. The van der Waals surface area contributed by atoms with Crippen molar-refractivity contribution in [3.63, 3.8) is 0 Å². The van der Waals surface area contributed by atoms with Crippen LogP contribution in [0.1, 0.15) is 49.9 Å². The van der Waals surface area contributed by atoms with Crippen LogP contribution in [0.25, 0.3) is 0 Å². The number of carbonyl (C=O) groups excluding carboxylic acids is 1. The van der Waals surface area contributed by atoms with Crippen molar-refractivity contribution < 1.29 is 19.4 Å². The number of carbonyl (C=O) groups is 2. The van der Waals surface area contributed by atoms with Gasteiger partial charge in [0.1, 0.15) is 5.60 Å². The van der Waals surface area contributed by atoms with Crippen molar-refractivity contribution in [3.05, 3.63) is 34.9 Å². The van der Waals surface area contributed by atoms with E-state index >= 15 is 0 Å². The highest BCUT2D eigenvalue weighted by molar-refractivity contribution is 5.72. The molecule has 1 atom stereocenters. The second-order valence-corrected chi connectivity index (χ2v) is 6.14. The van der Waals surface area contributed by atoms with Crippen molar-refractivity contribution in [2.24, 2.45) is 0 Å². The summed E-state index contributed by atoms with van der Waals surface area (Å²) in [6.45, 7) is 9.20. The van der Waals surface area contributed by atoms with Crippen LogP contribution in [0.5, 0.6) is 0 Å². The number of hydrogen-bond donors (Lipinski definition) is 2. The summed E-state index contributed by atoms with van der Waals surface area (Å²) in [4.78, 5) is 22.9. The molecule has 0 heterocycles. The molecular formula is C16H23NO4. The Bertz CT molecular complexity index is 532. The summed E-state index contributed by atoms with van der Waals surface area (Å²) in [5, 5.41) is 11.6. The molecule has 0 saturated carbocycles. The van der Waals surface area contributed by atoms with Crippen LogP contribution in [-0.4, -0.2) is 22.8 Å². The Morgan fingerprint density at radius 3 is 2.33 bits per heavy atom. The Morgan fingerprint density at radius 2 is 1.86 bits per heavy atom. The van der Waals surface area contributed by atoms with Gasteiger partial charge in [0.25, 0.3) is 0 Å². The zero-order chi connectivity index (χ0) is 16.2. The maximum atomic E-state index is 11.8. The molecule has 5 heteroatoms. The van der Waals surface area contributed by atoms with Crippen LogP contribution >= 0.6 is 0 Å². The van der Waals surface area contributed by atoms with E-state index in [2.05, 4.69) is 5.32 Å². The van der Waals surface area contributed by atoms with E-state index in [4.69, 9.17) is 9.84 Å². The number of hydrogen-bond acceptors (Lipinski definition) is 3. The highest BCUT2D eigenvalue weighted by atomic mass is 16.6. The molecule has 0 unspecified atom stereocenters. The fraction of sp³-hybridized carbons (Fsp3) is 0.500. The third-order valence-corrected chi connectivity index (χ3v) is 3.00. The standard InChI is InChI=1S/C16H23NO4/c1-10-6-7-12(8-11(10)2)13(9-14(18)19)17-15(20)21-16(3,4)5/h6-8,13H,9H2,1-5H3,(H,17,20)(H,18,19)/t13-/m0/s1. The van der Waals surface area contributed by atoms with Gasteiger partial charge in [-0.2, -0.15) is 0 Å². The number of carboxylic acids is 1. The van der Waals surface area contributed by atoms with E-state index in [1.54, 1.807) is 20.8 Å². The smallest absolute Gasteiger partial charge is 0.408 e. The number of aliphatic carboxylic acids is 1. The van der Waals surface area contributed by atoms with Gasteiger partial charge in [-0.1, -0.05) is 18.2 Å². The van der Waals surface area contributed by atoms with E-state index in [0.717, 1.165) is 16.7 Å². The lowest BCUT2D eigenvalue weighted by Crippen LogP contribution is -2.35. The van der Waals surface area contributed by atoms with Crippen molar-refractivity contribution in [2.75, 3.05) is 0 Å². The average molecular weight is 293 g/mol. The van der Waals surface area contributed by atoms with Crippen molar-refractivity contribution in [1.82, 2.24) is 5.32 Å². The molecule has 0 aliphatic carbocycles. The van der Waals surface area contributed by atoms with Crippen molar-refractivity contribution in [1.29, 1.82) is 0 Å². The lowest BCUT2D eigenvalue weighted by Gasteiger charge is -2.23. The number of alkyl carbamates (subject to hydrolysis) is 1. The molecule has 0 aliphatic rings. The van der Waals surface area contributed by atoms with E-state index in [0.29, 0.717) is 0 Å². The maximum Gasteiger partial charge on any atom is 0.408 e. The van der Waals surface area contributed by atoms with E-state index in [-0.39, 0.29) is 6.42 Å². The Kier molecular flexibility index (Phi) is 5.35. The third kappa shape index (κ3) is 5.85.